The van der Waals surface area contributed by atoms with Gasteiger partial charge < -0.3 is 10.6 Å². The molecule has 0 aliphatic carbocycles. The molecule has 0 bridgehead atoms. The Bertz CT molecular complexity index is 535. The molecule has 0 spiro atoms. The van der Waals surface area contributed by atoms with Crippen molar-refractivity contribution in [1.82, 2.24) is 4.98 Å². The second-order valence-corrected chi connectivity index (χ2v) is 4.30. The summed E-state index contributed by atoms with van der Waals surface area (Å²) in [5.41, 5.74) is 10.1. The molecule has 1 heterocycles. The minimum absolute atomic E-state index is 0.728. The molecule has 2 N–H and O–H groups in total. The van der Waals surface area contributed by atoms with Crippen LogP contribution in [0.3, 0.4) is 0 Å². The second-order valence-electron chi connectivity index (χ2n) is 4.30. The van der Waals surface area contributed by atoms with Crippen LogP contribution in [0.4, 0.5) is 17.2 Å². The Kier molecular flexibility index (Phi) is 3.00. The summed E-state index contributed by atoms with van der Waals surface area (Å²) in [5.74, 6) is 0.858. The van der Waals surface area contributed by atoms with Crippen LogP contribution in [0.5, 0.6) is 0 Å². The van der Waals surface area contributed by atoms with Gasteiger partial charge in [0.15, 0.2) is 0 Å². The molecule has 0 saturated carbocycles. The maximum Gasteiger partial charge on any atom is 0.134 e. The van der Waals surface area contributed by atoms with Crippen molar-refractivity contribution in [3.63, 3.8) is 0 Å². The van der Waals surface area contributed by atoms with E-state index in [0.717, 1.165) is 17.2 Å². The Labute approximate surface area is 102 Å². The van der Waals surface area contributed by atoms with Crippen LogP contribution in [-0.2, 0) is 0 Å². The summed E-state index contributed by atoms with van der Waals surface area (Å²) in [7, 11) is 2.00. The highest BCUT2D eigenvalue weighted by atomic mass is 15.2. The van der Waals surface area contributed by atoms with Crippen LogP contribution >= 0.6 is 0 Å². The standard InChI is InChI=1S/C14H17N3/c1-10-4-5-13(11(2)8-10)17(3)14-9-12(15)6-7-16-14/h4-9H,1-3H3,(H2,15,16). The average Bonchev–Trinajstić information content (AvgIpc) is 2.28. The summed E-state index contributed by atoms with van der Waals surface area (Å²) in [6.45, 7) is 4.20. The third-order valence-corrected chi connectivity index (χ3v) is 2.83. The zero-order chi connectivity index (χ0) is 12.4. The first-order valence-electron chi connectivity index (χ1n) is 5.60. The van der Waals surface area contributed by atoms with Gasteiger partial charge in [0.05, 0.1) is 0 Å². The molecule has 0 fully saturated rings. The van der Waals surface area contributed by atoms with Crippen molar-refractivity contribution in [3.05, 3.63) is 47.7 Å². The first-order valence-corrected chi connectivity index (χ1v) is 5.60. The van der Waals surface area contributed by atoms with E-state index in [2.05, 4.69) is 37.0 Å². The van der Waals surface area contributed by atoms with Crippen molar-refractivity contribution in [1.29, 1.82) is 0 Å². The van der Waals surface area contributed by atoms with Gasteiger partial charge in [-0.05, 0) is 31.5 Å². The van der Waals surface area contributed by atoms with E-state index in [1.165, 1.54) is 11.1 Å². The third-order valence-electron chi connectivity index (χ3n) is 2.83. The number of nitrogens with two attached hydrogens (primary N) is 1. The van der Waals surface area contributed by atoms with Crippen molar-refractivity contribution < 1.29 is 0 Å². The molecule has 3 heteroatoms. The number of rotatable bonds is 2. The Morgan fingerprint density at radius 3 is 2.53 bits per heavy atom. The van der Waals surface area contributed by atoms with Gasteiger partial charge >= 0.3 is 0 Å². The largest absolute Gasteiger partial charge is 0.399 e. The smallest absolute Gasteiger partial charge is 0.134 e. The summed E-state index contributed by atoms with van der Waals surface area (Å²) < 4.78 is 0. The molecule has 1 aromatic heterocycles. The first-order chi connectivity index (χ1) is 8.08. The molecule has 0 aliphatic heterocycles. The lowest BCUT2D eigenvalue weighted by Gasteiger charge is -2.21. The number of anilines is 3. The van der Waals surface area contributed by atoms with E-state index in [0.29, 0.717) is 0 Å². The number of aryl methyl sites for hydroxylation is 2. The molecule has 0 radical (unpaired) electrons. The Hall–Kier alpha value is -2.03. The van der Waals surface area contributed by atoms with E-state index < -0.39 is 0 Å². The summed E-state index contributed by atoms with van der Waals surface area (Å²) in [5, 5.41) is 0. The number of hydrogen-bond donors (Lipinski definition) is 1. The van der Waals surface area contributed by atoms with E-state index in [9.17, 15) is 0 Å². The van der Waals surface area contributed by atoms with Crippen LogP contribution in [0, 0.1) is 13.8 Å². The lowest BCUT2D eigenvalue weighted by Crippen LogP contribution is -2.12. The number of aromatic nitrogens is 1. The van der Waals surface area contributed by atoms with Crippen molar-refractivity contribution in [2.75, 3.05) is 17.7 Å². The van der Waals surface area contributed by atoms with Crippen molar-refractivity contribution in [2.45, 2.75) is 13.8 Å². The zero-order valence-corrected chi connectivity index (χ0v) is 10.4. The number of pyridine rings is 1. The van der Waals surface area contributed by atoms with Gasteiger partial charge in [-0.2, -0.15) is 0 Å². The molecule has 2 aromatic rings. The van der Waals surface area contributed by atoms with E-state index in [-0.39, 0.29) is 0 Å². The molecule has 0 saturated heterocycles. The van der Waals surface area contributed by atoms with Crippen molar-refractivity contribution >= 4 is 17.2 Å². The molecule has 2 rings (SSSR count). The number of nitrogen functional groups attached to an aromatic ring is 1. The lowest BCUT2D eigenvalue weighted by atomic mass is 10.1. The Morgan fingerprint density at radius 1 is 1.12 bits per heavy atom. The highest BCUT2D eigenvalue weighted by molar-refractivity contribution is 5.65. The Morgan fingerprint density at radius 2 is 1.88 bits per heavy atom. The van der Waals surface area contributed by atoms with E-state index in [1.807, 2.05) is 18.0 Å². The molecule has 0 aliphatic rings. The minimum atomic E-state index is 0.728. The number of nitrogens with zero attached hydrogens (tertiary/aromatic N) is 2. The highest BCUT2D eigenvalue weighted by Gasteiger charge is 2.08. The second kappa shape index (κ2) is 4.45. The molecule has 0 atom stereocenters. The van der Waals surface area contributed by atoms with Gasteiger partial charge in [-0.1, -0.05) is 17.7 Å². The van der Waals surface area contributed by atoms with E-state index >= 15 is 0 Å². The quantitative estimate of drug-likeness (QED) is 0.857. The summed E-state index contributed by atoms with van der Waals surface area (Å²) >= 11 is 0. The molecule has 0 amide bonds. The topological polar surface area (TPSA) is 42.1 Å². The van der Waals surface area contributed by atoms with Crippen LogP contribution in [0.1, 0.15) is 11.1 Å². The molecule has 3 nitrogen and oxygen atoms in total. The molecule has 88 valence electrons. The highest BCUT2D eigenvalue weighted by Crippen LogP contribution is 2.26. The fourth-order valence-electron chi connectivity index (χ4n) is 1.92. The lowest BCUT2D eigenvalue weighted by molar-refractivity contribution is 1.11. The van der Waals surface area contributed by atoms with Crippen LogP contribution in [0.25, 0.3) is 0 Å². The summed E-state index contributed by atoms with van der Waals surface area (Å²) in [6, 6.07) is 10.0. The first kappa shape index (κ1) is 11.5. The van der Waals surface area contributed by atoms with E-state index in [4.69, 9.17) is 5.73 Å². The van der Waals surface area contributed by atoms with Gasteiger partial charge in [0, 0.05) is 30.7 Å². The van der Waals surface area contributed by atoms with Crippen LogP contribution in [0.2, 0.25) is 0 Å². The monoisotopic (exact) mass is 227 g/mol. The molecule has 0 unspecified atom stereocenters. The molecular formula is C14H17N3. The molecule has 17 heavy (non-hydrogen) atoms. The third kappa shape index (κ3) is 2.38. The van der Waals surface area contributed by atoms with Crippen LogP contribution in [-0.4, -0.2) is 12.0 Å². The number of benzene rings is 1. The Balaban J connectivity index is 2.40. The normalized spacial score (nSPS) is 10.3. The van der Waals surface area contributed by atoms with Crippen LogP contribution < -0.4 is 10.6 Å². The SMILES string of the molecule is Cc1ccc(N(C)c2cc(N)ccn2)c(C)c1. The average molecular weight is 227 g/mol. The van der Waals surface area contributed by atoms with Gasteiger partial charge in [-0.25, -0.2) is 4.98 Å². The van der Waals surface area contributed by atoms with Gasteiger partial charge in [0.1, 0.15) is 5.82 Å². The fraction of sp³-hybridized carbons (Fsp3) is 0.214. The number of hydrogen-bond acceptors (Lipinski definition) is 3. The van der Waals surface area contributed by atoms with Gasteiger partial charge in [-0.3, -0.25) is 0 Å². The van der Waals surface area contributed by atoms with Crippen molar-refractivity contribution in [3.8, 4) is 0 Å². The fourth-order valence-corrected chi connectivity index (χ4v) is 1.92. The predicted molar refractivity (Wildman–Crippen MR) is 72.6 cm³/mol. The van der Waals surface area contributed by atoms with Gasteiger partial charge in [0.25, 0.3) is 0 Å². The van der Waals surface area contributed by atoms with E-state index in [1.54, 1.807) is 12.3 Å². The maximum atomic E-state index is 5.77. The van der Waals surface area contributed by atoms with Crippen molar-refractivity contribution in [2.24, 2.45) is 0 Å². The summed E-state index contributed by atoms with van der Waals surface area (Å²) in [4.78, 5) is 6.37. The molecule has 1 aromatic carbocycles. The maximum absolute atomic E-state index is 5.77. The zero-order valence-electron chi connectivity index (χ0n) is 10.4. The minimum Gasteiger partial charge on any atom is -0.399 e. The van der Waals surface area contributed by atoms with Gasteiger partial charge in [0.2, 0.25) is 0 Å². The van der Waals surface area contributed by atoms with Crippen LogP contribution in [0.15, 0.2) is 36.5 Å². The van der Waals surface area contributed by atoms with Gasteiger partial charge in [-0.15, -0.1) is 0 Å². The predicted octanol–water partition coefficient (Wildman–Crippen LogP) is 3.05. The summed E-state index contributed by atoms with van der Waals surface area (Å²) in [6.07, 6.45) is 1.73. The molecular weight excluding hydrogens is 210 g/mol.